The molecule has 2 fully saturated rings. The van der Waals surface area contributed by atoms with Gasteiger partial charge in [0.05, 0.1) is 0 Å². The lowest BCUT2D eigenvalue weighted by Gasteiger charge is -2.40. The monoisotopic (exact) mass is 254 g/mol. The highest BCUT2D eigenvalue weighted by atomic mass is 15.3. The summed E-state index contributed by atoms with van der Waals surface area (Å²) in [4.78, 5) is 7.49. The van der Waals surface area contributed by atoms with Crippen molar-refractivity contribution in [1.82, 2.24) is 14.7 Å². The Bertz CT molecular complexity index is 271. The molecule has 4 heteroatoms. The van der Waals surface area contributed by atoms with Crippen LogP contribution in [-0.4, -0.2) is 79.6 Å². The summed E-state index contributed by atoms with van der Waals surface area (Å²) in [5.74, 6) is 0. The molecule has 3 unspecified atom stereocenters. The minimum Gasteiger partial charge on any atom is -0.329 e. The molecule has 0 saturated carbocycles. The summed E-state index contributed by atoms with van der Waals surface area (Å²) < 4.78 is 0. The maximum absolute atomic E-state index is 6.12. The molecule has 0 radical (unpaired) electrons. The van der Waals surface area contributed by atoms with Crippen molar-refractivity contribution in [3.05, 3.63) is 0 Å². The van der Waals surface area contributed by atoms with Gasteiger partial charge in [0.25, 0.3) is 0 Å². The minimum atomic E-state index is 0.192. The Morgan fingerprint density at radius 1 is 1.33 bits per heavy atom. The van der Waals surface area contributed by atoms with E-state index in [1.165, 1.54) is 25.8 Å². The number of likely N-dealkylation sites (N-methyl/N-ethyl adjacent to an activating group) is 3. The van der Waals surface area contributed by atoms with Crippen molar-refractivity contribution >= 4 is 0 Å². The molecule has 2 heterocycles. The van der Waals surface area contributed by atoms with E-state index in [2.05, 4.69) is 42.8 Å². The second-order valence-corrected chi connectivity index (χ2v) is 6.55. The van der Waals surface area contributed by atoms with Gasteiger partial charge in [0.2, 0.25) is 0 Å². The molecule has 3 atom stereocenters. The van der Waals surface area contributed by atoms with Gasteiger partial charge in [-0.15, -0.1) is 0 Å². The van der Waals surface area contributed by atoms with E-state index < -0.39 is 0 Å². The van der Waals surface area contributed by atoms with E-state index in [-0.39, 0.29) is 5.54 Å². The first-order valence-corrected chi connectivity index (χ1v) is 7.30. The molecule has 2 aliphatic rings. The van der Waals surface area contributed by atoms with E-state index >= 15 is 0 Å². The van der Waals surface area contributed by atoms with Gasteiger partial charge in [-0.25, -0.2) is 0 Å². The average Bonchev–Trinajstić information content (AvgIpc) is 2.86. The summed E-state index contributed by atoms with van der Waals surface area (Å²) in [6.45, 7) is 6.61. The molecular formula is C14H30N4. The lowest BCUT2D eigenvalue weighted by molar-refractivity contribution is 0.102. The lowest BCUT2D eigenvalue weighted by atomic mass is 9.93. The molecule has 4 nitrogen and oxygen atoms in total. The number of hydrogen-bond acceptors (Lipinski definition) is 4. The van der Waals surface area contributed by atoms with E-state index in [9.17, 15) is 0 Å². The Hall–Kier alpha value is -0.160. The smallest absolute Gasteiger partial charge is 0.0470 e. The van der Waals surface area contributed by atoms with Gasteiger partial charge in [-0.1, -0.05) is 0 Å². The van der Waals surface area contributed by atoms with Crippen molar-refractivity contribution in [2.75, 3.05) is 47.3 Å². The van der Waals surface area contributed by atoms with Gasteiger partial charge in [-0.3, -0.25) is 4.90 Å². The fourth-order valence-corrected chi connectivity index (χ4v) is 3.69. The molecule has 18 heavy (non-hydrogen) atoms. The number of nitrogens with zero attached hydrogens (tertiary/aromatic N) is 3. The SMILES string of the molecule is CC1CC(CN)(N(C)CC2CCCN2C)CN1C. The molecule has 0 aromatic carbocycles. The van der Waals surface area contributed by atoms with Crippen LogP contribution < -0.4 is 5.73 Å². The zero-order valence-corrected chi connectivity index (χ0v) is 12.5. The molecule has 0 amide bonds. The minimum absolute atomic E-state index is 0.192. The van der Waals surface area contributed by atoms with Crippen LogP contribution in [0, 0.1) is 0 Å². The summed E-state index contributed by atoms with van der Waals surface area (Å²) in [5, 5.41) is 0. The molecule has 0 aromatic heterocycles. The first kappa shape index (κ1) is 14.3. The summed E-state index contributed by atoms with van der Waals surface area (Å²) in [6, 6.07) is 1.37. The highest BCUT2D eigenvalue weighted by Crippen LogP contribution is 2.31. The Kier molecular flexibility index (Phi) is 4.32. The first-order chi connectivity index (χ1) is 8.48. The van der Waals surface area contributed by atoms with Crippen molar-refractivity contribution in [1.29, 1.82) is 0 Å². The normalized spacial score (nSPS) is 39.0. The molecule has 0 aliphatic carbocycles. The molecule has 106 valence electrons. The van der Waals surface area contributed by atoms with Gasteiger partial charge >= 0.3 is 0 Å². The van der Waals surface area contributed by atoms with Crippen molar-refractivity contribution in [3.63, 3.8) is 0 Å². The van der Waals surface area contributed by atoms with Crippen LogP contribution in [0.1, 0.15) is 26.2 Å². The van der Waals surface area contributed by atoms with E-state index in [4.69, 9.17) is 5.73 Å². The summed E-state index contributed by atoms with van der Waals surface area (Å²) in [5.41, 5.74) is 6.31. The number of likely N-dealkylation sites (tertiary alicyclic amines) is 2. The molecule has 0 spiro atoms. The molecule has 2 rings (SSSR count). The van der Waals surface area contributed by atoms with Crippen LogP contribution in [0.15, 0.2) is 0 Å². The Morgan fingerprint density at radius 2 is 2.06 bits per heavy atom. The Morgan fingerprint density at radius 3 is 2.50 bits per heavy atom. The third kappa shape index (κ3) is 2.57. The maximum atomic E-state index is 6.12. The maximum Gasteiger partial charge on any atom is 0.0470 e. The number of hydrogen-bond donors (Lipinski definition) is 1. The van der Waals surface area contributed by atoms with Gasteiger partial charge in [0.1, 0.15) is 0 Å². The number of rotatable bonds is 4. The second-order valence-electron chi connectivity index (χ2n) is 6.55. The highest BCUT2D eigenvalue weighted by molar-refractivity contribution is 5.02. The van der Waals surface area contributed by atoms with Crippen LogP contribution in [0.3, 0.4) is 0 Å². The van der Waals surface area contributed by atoms with Crippen molar-refractivity contribution in [3.8, 4) is 0 Å². The van der Waals surface area contributed by atoms with Crippen molar-refractivity contribution in [2.24, 2.45) is 5.73 Å². The highest BCUT2D eigenvalue weighted by Gasteiger charge is 2.43. The van der Waals surface area contributed by atoms with Gasteiger partial charge in [0, 0.05) is 37.3 Å². The van der Waals surface area contributed by atoms with Gasteiger partial charge in [-0.2, -0.15) is 0 Å². The second kappa shape index (κ2) is 5.45. The van der Waals surface area contributed by atoms with Gasteiger partial charge in [-0.05, 0) is 53.9 Å². The zero-order valence-electron chi connectivity index (χ0n) is 12.5. The van der Waals surface area contributed by atoms with Crippen LogP contribution in [0.5, 0.6) is 0 Å². The molecule has 2 N–H and O–H groups in total. The predicted octanol–water partition coefficient (Wildman–Crippen LogP) is 0.434. The zero-order chi connectivity index (χ0) is 13.3. The van der Waals surface area contributed by atoms with Crippen LogP contribution in [0.2, 0.25) is 0 Å². The molecule has 2 saturated heterocycles. The summed E-state index contributed by atoms with van der Waals surface area (Å²) >= 11 is 0. The van der Waals surface area contributed by atoms with E-state index in [0.717, 1.165) is 25.7 Å². The third-order valence-electron chi connectivity index (χ3n) is 5.32. The van der Waals surface area contributed by atoms with Crippen LogP contribution in [0.4, 0.5) is 0 Å². The van der Waals surface area contributed by atoms with E-state index in [0.29, 0.717) is 6.04 Å². The molecule has 0 aromatic rings. The third-order valence-corrected chi connectivity index (χ3v) is 5.32. The average molecular weight is 254 g/mol. The van der Waals surface area contributed by atoms with Crippen LogP contribution in [-0.2, 0) is 0 Å². The fourth-order valence-electron chi connectivity index (χ4n) is 3.69. The van der Waals surface area contributed by atoms with E-state index in [1.54, 1.807) is 0 Å². The topological polar surface area (TPSA) is 35.7 Å². The lowest BCUT2D eigenvalue weighted by Crippen LogP contribution is -2.56. The van der Waals surface area contributed by atoms with E-state index in [1.807, 2.05) is 0 Å². The fraction of sp³-hybridized carbons (Fsp3) is 1.00. The number of nitrogens with two attached hydrogens (primary N) is 1. The molecule has 0 bridgehead atoms. The molecular weight excluding hydrogens is 224 g/mol. The summed E-state index contributed by atoms with van der Waals surface area (Å²) in [6.07, 6.45) is 3.89. The van der Waals surface area contributed by atoms with Gasteiger partial charge in [0.15, 0.2) is 0 Å². The standard InChI is InChI=1S/C14H30N4/c1-12-8-14(10-15,11-17(12)3)18(4)9-13-6-5-7-16(13)2/h12-13H,5-11,15H2,1-4H3. The Balaban J connectivity index is 1.99. The van der Waals surface area contributed by atoms with Crippen LogP contribution >= 0.6 is 0 Å². The van der Waals surface area contributed by atoms with Crippen LogP contribution in [0.25, 0.3) is 0 Å². The van der Waals surface area contributed by atoms with Gasteiger partial charge < -0.3 is 15.5 Å². The van der Waals surface area contributed by atoms with Crippen molar-refractivity contribution in [2.45, 2.75) is 43.8 Å². The molecule has 2 aliphatic heterocycles. The summed E-state index contributed by atoms with van der Waals surface area (Å²) in [7, 11) is 6.74. The predicted molar refractivity (Wildman–Crippen MR) is 76.8 cm³/mol. The largest absolute Gasteiger partial charge is 0.329 e. The van der Waals surface area contributed by atoms with Crippen molar-refractivity contribution < 1.29 is 0 Å². The Labute approximate surface area is 112 Å². The first-order valence-electron chi connectivity index (χ1n) is 7.30. The quantitative estimate of drug-likeness (QED) is 0.789.